The molecule has 0 aliphatic heterocycles. The summed E-state index contributed by atoms with van der Waals surface area (Å²) < 4.78 is 10.6. The van der Waals surface area contributed by atoms with Crippen LogP contribution in [-0.4, -0.2) is 19.5 Å². The largest absolute Gasteiger partial charge is 0.495 e. The van der Waals surface area contributed by atoms with E-state index < -0.39 is 0 Å². The van der Waals surface area contributed by atoms with E-state index in [2.05, 4.69) is 5.32 Å². The van der Waals surface area contributed by atoms with E-state index in [-0.39, 0.29) is 5.78 Å². The minimum absolute atomic E-state index is 0.0783. The van der Waals surface area contributed by atoms with Crippen LogP contribution in [0.2, 0.25) is 0 Å². The van der Waals surface area contributed by atoms with Gasteiger partial charge in [0.25, 0.3) is 0 Å². The Morgan fingerprint density at radius 3 is 2.55 bits per heavy atom. The minimum atomic E-state index is -0.0783. The summed E-state index contributed by atoms with van der Waals surface area (Å²) in [6.45, 7) is 2.53. The highest BCUT2D eigenvalue weighted by atomic mass is 16.5. The summed E-state index contributed by atoms with van der Waals surface area (Å²) in [4.78, 5) is 12.1. The molecule has 0 radical (unpaired) electrons. The molecule has 2 aromatic carbocycles. The van der Waals surface area contributed by atoms with Crippen molar-refractivity contribution in [3.63, 3.8) is 0 Å². The van der Waals surface area contributed by atoms with Crippen molar-refractivity contribution in [2.45, 2.75) is 6.92 Å². The van der Waals surface area contributed by atoms with Crippen molar-refractivity contribution in [3.05, 3.63) is 66.4 Å². The molecule has 0 saturated heterocycles. The molecule has 0 spiro atoms. The summed E-state index contributed by atoms with van der Waals surface area (Å²) >= 11 is 0. The van der Waals surface area contributed by atoms with E-state index in [1.54, 1.807) is 37.6 Å². The SMILES string of the molecule is CCOc1ccc(C(=O)/C=C/Nc2ccccc2OC)cc1. The third kappa shape index (κ3) is 4.12. The van der Waals surface area contributed by atoms with E-state index in [0.29, 0.717) is 12.2 Å². The van der Waals surface area contributed by atoms with Crippen LogP contribution < -0.4 is 14.8 Å². The lowest BCUT2D eigenvalue weighted by atomic mass is 10.1. The number of ether oxygens (including phenoxy) is 2. The van der Waals surface area contributed by atoms with Crippen LogP contribution >= 0.6 is 0 Å². The third-order valence-corrected chi connectivity index (χ3v) is 3.03. The smallest absolute Gasteiger partial charge is 0.187 e. The third-order valence-electron chi connectivity index (χ3n) is 3.03. The zero-order valence-electron chi connectivity index (χ0n) is 12.7. The molecule has 0 fully saturated rings. The van der Waals surface area contributed by atoms with Crippen LogP contribution in [0.25, 0.3) is 0 Å². The Kier molecular flexibility index (Phi) is 5.60. The lowest BCUT2D eigenvalue weighted by Gasteiger charge is -2.07. The van der Waals surface area contributed by atoms with Crippen LogP contribution in [0.1, 0.15) is 17.3 Å². The first-order valence-corrected chi connectivity index (χ1v) is 7.08. The van der Waals surface area contributed by atoms with Gasteiger partial charge in [-0.3, -0.25) is 4.79 Å². The van der Waals surface area contributed by atoms with Crippen molar-refractivity contribution in [2.24, 2.45) is 0 Å². The molecule has 0 saturated carbocycles. The lowest BCUT2D eigenvalue weighted by molar-refractivity contribution is 0.104. The molecule has 114 valence electrons. The number of rotatable bonds is 7. The quantitative estimate of drug-likeness (QED) is 0.622. The van der Waals surface area contributed by atoms with E-state index in [1.807, 2.05) is 31.2 Å². The number of hydrogen-bond donors (Lipinski definition) is 1. The molecule has 2 aromatic rings. The van der Waals surface area contributed by atoms with Gasteiger partial charge in [-0.05, 0) is 43.3 Å². The molecule has 0 heterocycles. The van der Waals surface area contributed by atoms with Gasteiger partial charge >= 0.3 is 0 Å². The Morgan fingerprint density at radius 1 is 1.14 bits per heavy atom. The first kappa shape index (κ1) is 15.6. The van der Waals surface area contributed by atoms with Crippen LogP contribution in [-0.2, 0) is 0 Å². The summed E-state index contributed by atoms with van der Waals surface area (Å²) in [5, 5.41) is 3.05. The number of carbonyl (C=O) groups is 1. The minimum Gasteiger partial charge on any atom is -0.495 e. The molecule has 0 aliphatic rings. The van der Waals surface area contributed by atoms with Gasteiger partial charge < -0.3 is 14.8 Å². The maximum atomic E-state index is 12.1. The Hall–Kier alpha value is -2.75. The van der Waals surface area contributed by atoms with Gasteiger partial charge in [-0.1, -0.05) is 12.1 Å². The van der Waals surface area contributed by atoms with Crippen molar-refractivity contribution in [3.8, 4) is 11.5 Å². The first-order valence-electron chi connectivity index (χ1n) is 7.08. The van der Waals surface area contributed by atoms with Gasteiger partial charge in [0.2, 0.25) is 0 Å². The summed E-state index contributed by atoms with van der Waals surface area (Å²) in [5.74, 6) is 1.40. The normalized spacial score (nSPS) is 10.5. The van der Waals surface area contributed by atoms with Crippen molar-refractivity contribution in [2.75, 3.05) is 19.0 Å². The maximum absolute atomic E-state index is 12.1. The van der Waals surface area contributed by atoms with Crippen LogP contribution in [0, 0.1) is 0 Å². The second-order valence-corrected chi connectivity index (χ2v) is 4.50. The van der Waals surface area contributed by atoms with Crippen molar-refractivity contribution in [1.29, 1.82) is 0 Å². The number of allylic oxidation sites excluding steroid dienone is 1. The standard InChI is InChI=1S/C18H19NO3/c1-3-22-15-10-8-14(9-11-15)17(20)12-13-19-16-6-4-5-7-18(16)21-2/h4-13,19H,3H2,1-2H3/b13-12+. The van der Waals surface area contributed by atoms with Gasteiger partial charge in [0.05, 0.1) is 19.4 Å². The van der Waals surface area contributed by atoms with E-state index in [0.717, 1.165) is 17.2 Å². The Bertz CT molecular complexity index is 648. The molecule has 0 amide bonds. The second-order valence-electron chi connectivity index (χ2n) is 4.50. The first-order chi connectivity index (χ1) is 10.7. The number of ketones is 1. The Balaban J connectivity index is 1.99. The Labute approximate surface area is 130 Å². The summed E-state index contributed by atoms with van der Waals surface area (Å²) in [5.41, 5.74) is 1.42. The summed E-state index contributed by atoms with van der Waals surface area (Å²) in [6, 6.07) is 14.6. The number of benzene rings is 2. The fourth-order valence-electron chi connectivity index (χ4n) is 1.95. The monoisotopic (exact) mass is 297 g/mol. The molecule has 0 bridgehead atoms. The highest BCUT2D eigenvalue weighted by Crippen LogP contribution is 2.22. The van der Waals surface area contributed by atoms with Gasteiger partial charge in [-0.15, -0.1) is 0 Å². The molecular weight excluding hydrogens is 278 g/mol. The fourth-order valence-corrected chi connectivity index (χ4v) is 1.95. The van der Waals surface area contributed by atoms with Crippen molar-refractivity contribution in [1.82, 2.24) is 0 Å². The van der Waals surface area contributed by atoms with Crippen molar-refractivity contribution < 1.29 is 14.3 Å². The van der Waals surface area contributed by atoms with Gasteiger partial charge in [0.1, 0.15) is 11.5 Å². The average Bonchev–Trinajstić information content (AvgIpc) is 2.56. The number of nitrogens with one attached hydrogen (secondary N) is 1. The molecule has 4 nitrogen and oxygen atoms in total. The van der Waals surface area contributed by atoms with Crippen LogP contribution in [0.15, 0.2) is 60.8 Å². The highest BCUT2D eigenvalue weighted by molar-refractivity contribution is 6.04. The summed E-state index contributed by atoms with van der Waals surface area (Å²) in [7, 11) is 1.61. The van der Waals surface area contributed by atoms with Crippen molar-refractivity contribution >= 4 is 11.5 Å². The van der Waals surface area contributed by atoms with Gasteiger partial charge in [0.15, 0.2) is 5.78 Å². The topological polar surface area (TPSA) is 47.6 Å². The molecule has 0 aromatic heterocycles. The fraction of sp³-hybridized carbons (Fsp3) is 0.167. The zero-order valence-corrected chi connectivity index (χ0v) is 12.7. The number of para-hydroxylation sites is 2. The van der Waals surface area contributed by atoms with Gasteiger partial charge in [-0.2, -0.15) is 0 Å². The number of anilines is 1. The molecule has 2 rings (SSSR count). The van der Waals surface area contributed by atoms with E-state index in [9.17, 15) is 4.79 Å². The average molecular weight is 297 g/mol. The highest BCUT2D eigenvalue weighted by Gasteiger charge is 2.02. The van der Waals surface area contributed by atoms with E-state index >= 15 is 0 Å². The lowest BCUT2D eigenvalue weighted by Crippen LogP contribution is -1.98. The molecule has 0 atom stereocenters. The predicted molar refractivity (Wildman–Crippen MR) is 87.7 cm³/mol. The molecule has 4 heteroatoms. The predicted octanol–water partition coefficient (Wildman–Crippen LogP) is 3.90. The van der Waals surface area contributed by atoms with Gasteiger partial charge in [0, 0.05) is 17.8 Å². The van der Waals surface area contributed by atoms with Crippen LogP contribution in [0.3, 0.4) is 0 Å². The van der Waals surface area contributed by atoms with Crippen LogP contribution in [0.5, 0.6) is 11.5 Å². The second kappa shape index (κ2) is 7.88. The number of carbonyl (C=O) groups excluding carboxylic acids is 1. The van der Waals surface area contributed by atoms with Crippen LogP contribution in [0.4, 0.5) is 5.69 Å². The number of hydrogen-bond acceptors (Lipinski definition) is 4. The van der Waals surface area contributed by atoms with E-state index in [4.69, 9.17) is 9.47 Å². The number of methoxy groups -OCH3 is 1. The molecular formula is C18H19NO3. The van der Waals surface area contributed by atoms with Gasteiger partial charge in [-0.25, -0.2) is 0 Å². The summed E-state index contributed by atoms with van der Waals surface area (Å²) in [6.07, 6.45) is 3.10. The molecule has 22 heavy (non-hydrogen) atoms. The maximum Gasteiger partial charge on any atom is 0.187 e. The molecule has 0 unspecified atom stereocenters. The Morgan fingerprint density at radius 2 is 1.86 bits per heavy atom. The van der Waals surface area contributed by atoms with E-state index in [1.165, 1.54) is 6.08 Å². The molecule has 0 aliphatic carbocycles. The molecule has 1 N–H and O–H groups in total. The zero-order chi connectivity index (χ0) is 15.8.